The molecule has 0 atom stereocenters. The van der Waals surface area contributed by atoms with Gasteiger partial charge in [-0.3, -0.25) is 4.99 Å². The van der Waals surface area contributed by atoms with Gasteiger partial charge in [0.25, 0.3) is 0 Å². The molecule has 0 saturated carbocycles. The molecule has 29 heavy (non-hydrogen) atoms. The topological polar surface area (TPSA) is 73.3 Å². The van der Waals surface area contributed by atoms with E-state index in [-0.39, 0.29) is 24.0 Å². The molecule has 2 N–H and O–H groups in total. The fourth-order valence-electron chi connectivity index (χ4n) is 2.88. The first-order chi connectivity index (χ1) is 13.6. The van der Waals surface area contributed by atoms with Crippen LogP contribution >= 0.6 is 24.0 Å². The average Bonchev–Trinajstić information content (AvgIpc) is 2.73. The summed E-state index contributed by atoms with van der Waals surface area (Å²) in [4.78, 5) is 4.28. The quantitative estimate of drug-likeness (QED) is 0.319. The van der Waals surface area contributed by atoms with Crippen molar-refractivity contribution in [1.82, 2.24) is 10.6 Å². The van der Waals surface area contributed by atoms with Crippen LogP contribution in [0.2, 0.25) is 0 Å². The van der Waals surface area contributed by atoms with E-state index in [9.17, 15) is 0 Å². The van der Waals surface area contributed by atoms with Crippen molar-refractivity contribution in [2.24, 2.45) is 4.99 Å². The molecule has 0 aliphatic rings. The molecule has 0 bridgehead atoms. The number of nitrogens with one attached hydrogen (secondary N) is 2. The van der Waals surface area contributed by atoms with Crippen molar-refractivity contribution in [2.45, 2.75) is 20.0 Å². The summed E-state index contributed by atoms with van der Waals surface area (Å²) < 4.78 is 21.7. The van der Waals surface area contributed by atoms with Gasteiger partial charge in [0, 0.05) is 31.3 Å². The highest BCUT2D eigenvalue weighted by Gasteiger charge is 2.16. The van der Waals surface area contributed by atoms with Crippen LogP contribution in [-0.4, -0.2) is 41.4 Å². The molecular weight excluding hydrogens is 485 g/mol. The summed E-state index contributed by atoms with van der Waals surface area (Å²) in [5.74, 6) is 3.34. The summed E-state index contributed by atoms with van der Waals surface area (Å²) in [5, 5.41) is 6.59. The largest absolute Gasteiger partial charge is 0.496 e. The fraction of sp³-hybridized carbons (Fsp3) is 0.381. The van der Waals surface area contributed by atoms with E-state index < -0.39 is 0 Å². The minimum atomic E-state index is 0. The third-order valence-electron chi connectivity index (χ3n) is 4.34. The van der Waals surface area contributed by atoms with E-state index in [0.717, 1.165) is 22.4 Å². The minimum absolute atomic E-state index is 0. The molecule has 0 saturated heterocycles. The lowest BCUT2D eigenvalue weighted by Crippen LogP contribution is -2.36. The van der Waals surface area contributed by atoms with Crippen LogP contribution in [0.3, 0.4) is 0 Å². The van der Waals surface area contributed by atoms with Gasteiger partial charge < -0.3 is 29.6 Å². The number of ether oxygens (including phenoxy) is 4. The second-order valence-corrected chi connectivity index (χ2v) is 6.09. The maximum atomic E-state index is 5.52. The second-order valence-electron chi connectivity index (χ2n) is 6.09. The molecule has 2 rings (SSSR count). The van der Waals surface area contributed by atoms with Gasteiger partial charge in [0.05, 0.1) is 28.4 Å². The predicted octanol–water partition coefficient (Wildman–Crippen LogP) is 3.51. The Morgan fingerprint density at radius 3 is 1.93 bits per heavy atom. The van der Waals surface area contributed by atoms with Gasteiger partial charge in [0.2, 0.25) is 5.75 Å². The monoisotopic (exact) mass is 515 g/mol. The van der Waals surface area contributed by atoms with Crippen molar-refractivity contribution >= 4 is 29.9 Å². The maximum absolute atomic E-state index is 5.52. The van der Waals surface area contributed by atoms with E-state index >= 15 is 0 Å². The van der Waals surface area contributed by atoms with Gasteiger partial charge in [-0.15, -0.1) is 24.0 Å². The Bertz CT molecular complexity index is 828. The number of hydrogen-bond acceptors (Lipinski definition) is 5. The van der Waals surface area contributed by atoms with E-state index in [4.69, 9.17) is 18.9 Å². The first kappa shape index (κ1) is 24.7. The third kappa shape index (κ3) is 6.31. The fourth-order valence-corrected chi connectivity index (χ4v) is 2.88. The van der Waals surface area contributed by atoms with Gasteiger partial charge in [0.1, 0.15) is 5.75 Å². The summed E-state index contributed by atoms with van der Waals surface area (Å²) in [7, 11) is 8.20. The number of benzene rings is 2. The first-order valence-corrected chi connectivity index (χ1v) is 8.93. The van der Waals surface area contributed by atoms with Crippen LogP contribution in [0.25, 0.3) is 0 Å². The van der Waals surface area contributed by atoms with Crippen LogP contribution in [0.1, 0.15) is 16.7 Å². The standard InChI is InChI=1S/C21H29N3O4.HI/c1-14-7-8-15(18(11-14)26-4)12-23-21(22-2)24-13-16-9-10-17(25-3)20(28-6)19(16)27-5;/h7-11H,12-13H2,1-6H3,(H2,22,23,24);1H. The van der Waals surface area contributed by atoms with Crippen molar-refractivity contribution in [1.29, 1.82) is 0 Å². The number of aliphatic imine (C=N–C) groups is 1. The molecule has 160 valence electrons. The minimum Gasteiger partial charge on any atom is -0.496 e. The van der Waals surface area contributed by atoms with Crippen molar-refractivity contribution in [2.75, 3.05) is 35.5 Å². The Kier molecular flexibility index (Phi) is 10.4. The predicted molar refractivity (Wildman–Crippen MR) is 126 cm³/mol. The molecule has 2 aromatic rings. The zero-order valence-corrected chi connectivity index (χ0v) is 20.1. The van der Waals surface area contributed by atoms with Crippen LogP contribution < -0.4 is 29.6 Å². The summed E-state index contributed by atoms with van der Waals surface area (Å²) in [6, 6.07) is 9.91. The smallest absolute Gasteiger partial charge is 0.203 e. The lowest BCUT2D eigenvalue weighted by molar-refractivity contribution is 0.322. The van der Waals surface area contributed by atoms with Crippen molar-refractivity contribution in [3.05, 3.63) is 47.0 Å². The van der Waals surface area contributed by atoms with Crippen molar-refractivity contribution in [3.8, 4) is 23.0 Å². The Morgan fingerprint density at radius 2 is 1.38 bits per heavy atom. The molecular formula is C21H30IN3O4. The summed E-state index contributed by atoms with van der Waals surface area (Å²) >= 11 is 0. The third-order valence-corrected chi connectivity index (χ3v) is 4.34. The van der Waals surface area contributed by atoms with E-state index in [1.165, 1.54) is 0 Å². The zero-order valence-electron chi connectivity index (χ0n) is 17.8. The SMILES string of the molecule is CN=C(NCc1ccc(C)cc1OC)NCc1ccc(OC)c(OC)c1OC.I. The number of halogens is 1. The van der Waals surface area contributed by atoms with Crippen LogP contribution in [0.15, 0.2) is 35.3 Å². The number of rotatable bonds is 8. The molecule has 0 aliphatic heterocycles. The van der Waals surface area contributed by atoms with Crippen molar-refractivity contribution < 1.29 is 18.9 Å². The molecule has 8 heteroatoms. The molecule has 0 unspecified atom stereocenters. The van der Waals surface area contributed by atoms with Crippen molar-refractivity contribution in [3.63, 3.8) is 0 Å². The second kappa shape index (κ2) is 12.3. The van der Waals surface area contributed by atoms with Gasteiger partial charge in [-0.25, -0.2) is 0 Å². The number of aryl methyl sites for hydroxylation is 1. The highest BCUT2D eigenvalue weighted by molar-refractivity contribution is 14.0. The zero-order chi connectivity index (χ0) is 20.5. The molecule has 0 amide bonds. The normalized spacial score (nSPS) is 10.6. The molecule has 0 heterocycles. The molecule has 0 fully saturated rings. The highest BCUT2D eigenvalue weighted by atomic mass is 127. The molecule has 2 aromatic carbocycles. The van der Waals surface area contributed by atoms with E-state index in [1.807, 2.05) is 31.2 Å². The number of guanidine groups is 1. The Balaban J connectivity index is 0.00000420. The van der Waals surface area contributed by atoms with Crippen LogP contribution in [0.5, 0.6) is 23.0 Å². The Morgan fingerprint density at radius 1 is 0.793 bits per heavy atom. The molecule has 7 nitrogen and oxygen atoms in total. The van der Waals surface area contributed by atoms with Gasteiger partial charge >= 0.3 is 0 Å². The van der Waals surface area contributed by atoms with Crippen LogP contribution in [0, 0.1) is 6.92 Å². The Hall–Kier alpha value is -2.36. The maximum Gasteiger partial charge on any atom is 0.203 e. The summed E-state index contributed by atoms with van der Waals surface area (Å²) in [6.07, 6.45) is 0. The molecule has 0 spiro atoms. The van der Waals surface area contributed by atoms with E-state index in [0.29, 0.717) is 36.3 Å². The summed E-state index contributed by atoms with van der Waals surface area (Å²) in [5.41, 5.74) is 3.14. The van der Waals surface area contributed by atoms with Gasteiger partial charge in [-0.1, -0.05) is 12.1 Å². The highest BCUT2D eigenvalue weighted by Crippen LogP contribution is 2.39. The van der Waals surface area contributed by atoms with Gasteiger partial charge in [-0.2, -0.15) is 0 Å². The molecule has 0 radical (unpaired) electrons. The van der Waals surface area contributed by atoms with E-state index in [1.54, 1.807) is 35.5 Å². The number of methoxy groups -OCH3 is 4. The number of hydrogen-bond donors (Lipinski definition) is 2. The lowest BCUT2D eigenvalue weighted by atomic mass is 10.1. The molecule has 0 aromatic heterocycles. The molecule has 0 aliphatic carbocycles. The average molecular weight is 515 g/mol. The van der Waals surface area contributed by atoms with Gasteiger partial charge in [0.15, 0.2) is 17.5 Å². The first-order valence-electron chi connectivity index (χ1n) is 8.93. The van der Waals surface area contributed by atoms with E-state index in [2.05, 4.69) is 21.7 Å². The van der Waals surface area contributed by atoms with Gasteiger partial charge in [-0.05, 0) is 30.7 Å². The number of nitrogens with zero attached hydrogens (tertiary/aromatic N) is 1. The summed E-state index contributed by atoms with van der Waals surface area (Å²) in [6.45, 7) is 3.14. The van der Waals surface area contributed by atoms with Crippen LogP contribution in [-0.2, 0) is 13.1 Å². The van der Waals surface area contributed by atoms with Crippen LogP contribution in [0.4, 0.5) is 0 Å². The Labute approximate surface area is 189 Å². The lowest BCUT2D eigenvalue weighted by Gasteiger charge is -2.18.